The molecule has 1 atom stereocenters. The first-order valence-electron chi connectivity index (χ1n) is 6.54. The molecular formula is C13H30N2O. The zero-order valence-corrected chi connectivity index (χ0v) is 11.7. The molecule has 0 aromatic heterocycles. The normalized spacial score (nSPS) is 15.8. The van der Waals surface area contributed by atoms with E-state index >= 15 is 0 Å². The van der Waals surface area contributed by atoms with Gasteiger partial charge in [0.05, 0.1) is 6.61 Å². The minimum absolute atomic E-state index is 0.249. The lowest BCUT2D eigenvalue weighted by molar-refractivity contribution is 0.104. The summed E-state index contributed by atoms with van der Waals surface area (Å²) in [6.45, 7) is 15.2. The Kier molecular flexibility index (Phi) is 7.98. The quantitative estimate of drug-likeness (QED) is 0.633. The summed E-state index contributed by atoms with van der Waals surface area (Å²) in [5.74, 6) is 0. The molecule has 3 nitrogen and oxygen atoms in total. The maximum absolute atomic E-state index is 9.07. The van der Waals surface area contributed by atoms with Crippen molar-refractivity contribution in [1.29, 1.82) is 0 Å². The first kappa shape index (κ1) is 15.9. The van der Waals surface area contributed by atoms with E-state index in [2.05, 4.69) is 44.8 Å². The minimum Gasteiger partial charge on any atom is -0.395 e. The van der Waals surface area contributed by atoms with E-state index in [9.17, 15) is 0 Å². The fraction of sp³-hybridized carbons (Fsp3) is 1.00. The second-order valence-electron chi connectivity index (χ2n) is 5.23. The molecule has 0 amide bonds. The van der Waals surface area contributed by atoms with Crippen molar-refractivity contribution in [2.24, 2.45) is 5.41 Å². The van der Waals surface area contributed by atoms with E-state index in [1.165, 1.54) is 0 Å². The van der Waals surface area contributed by atoms with Crippen molar-refractivity contribution < 1.29 is 5.11 Å². The van der Waals surface area contributed by atoms with Crippen molar-refractivity contribution in [3.63, 3.8) is 0 Å². The SMILES string of the molecule is CCNCC(C)(CC)CN(CCO)C(C)C. The van der Waals surface area contributed by atoms with Gasteiger partial charge in [-0.2, -0.15) is 0 Å². The summed E-state index contributed by atoms with van der Waals surface area (Å²) in [4.78, 5) is 2.36. The van der Waals surface area contributed by atoms with Crippen molar-refractivity contribution in [1.82, 2.24) is 10.2 Å². The van der Waals surface area contributed by atoms with Crippen LogP contribution in [0.2, 0.25) is 0 Å². The van der Waals surface area contributed by atoms with Crippen LogP contribution in [-0.2, 0) is 0 Å². The first-order valence-corrected chi connectivity index (χ1v) is 6.54. The van der Waals surface area contributed by atoms with E-state index in [0.717, 1.165) is 32.6 Å². The molecule has 0 rings (SSSR count). The van der Waals surface area contributed by atoms with Crippen molar-refractivity contribution in [2.75, 3.05) is 32.8 Å². The van der Waals surface area contributed by atoms with Crippen LogP contribution >= 0.6 is 0 Å². The smallest absolute Gasteiger partial charge is 0.0558 e. The van der Waals surface area contributed by atoms with E-state index in [1.807, 2.05) is 0 Å². The van der Waals surface area contributed by atoms with Gasteiger partial charge in [0, 0.05) is 25.7 Å². The highest BCUT2D eigenvalue weighted by atomic mass is 16.3. The summed E-state index contributed by atoms with van der Waals surface area (Å²) < 4.78 is 0. The summed E-state index contributed by atoms with van der Waals surface area (Å²) in [7, 11) is 0. The molecule has 98 valence electrons. The van der Waals surface area contributed by atoms with Gasteiger partial charge in [0.15, 0.2) is 0 Å². The molecule has 0 saturated carbocycles. The molecule has 0 aliphatic heterocycles. The molecule has 0 aromatic carbocycles. The number of nitrogens with one attached hydrogen (secondary N) is 1. The van der Waals surface area contributed by atoms with Crippen LogP contribution in [-0.4, -0.2) is 48.8 Å². The average molecular weight is 230 g/mol. The number of aliphatic hydroxyl groups excluding tert-OH is 1. The molecule has 0 fully saturated rings. The third kappa shape index (κ3) is 5.83. The van der Waals surface area contributed by atoms with Crippen molar-refractivity contribution in [2.45, 2.75) is 47.1 Å². The van der Waals surface area contributed by atoms with Crippen LogP contribution in [0.4, 0.5) is 0 Å². The Labute approximate surface area is 101 Å². The molecule has 1 unspecified atom stereocenters. The Hall–Kier alpha value is -0.120. The number of rotatable bonds is 9. The highest BCUT2D eigenvalue weighted by molar-refractivity contribution is 4.80. The fourth-order valence-corrected chi connectivity index (χ4v) is 1.86. The van der Waals surface area contributed by atoms with Crippen LogP contribution < -0.4 is 5.32 Å². The monoisotopic (exact) mass is 230 g/mol. The van der Waals surface area contributed by atoms with E-state index in [4.69, 9.17) is 5.11 Å². The summed E-state index contributed by atoms with van der Waals surface area (Å²) in [5, 5.41) is 12.5. The number of hydrogen-bond acceptors (Lipinski definition) is 3. The van der Waals surface area contributed by atoms with Gasteiger partial charge in [-0.1, -0.05) is 20.8 Å². The van der Waals surface area contributed by atoms with Crippen molar-refractivity contribution in [3.8, 4) is 0 Å². The molecule has 0 aliphatic carbocycles. The van der Waals surface area contributed by atoms with Gasteiger partial charge in [0.25, 0.3) is 0 Å². The molecule has 0 aromatic rings. The summed E-state index contributed by atoms with van der Waals surface area (Å²) in [6, 6.07) is 0.500. The summed E-state index contributed by atoms with van der Waals surface area (Å²) >= 11 is 0. The van der Waals surface area contributed by atoms with E-state index in [1.54, 1.807) is 0 Å². The Morgan fingerprint density at radius 2 is 1.94 bits per heavy atom. The molecule has 0 spiro atoms. The zero-order valence-electron chi connectivity index (χ0n) is 11.7. The van der Waals surface area contributed by atoms with Gasteiger partial charge in [-0.3, -0.25) is 4.90 Å². The van der Waals surface area contributed by atoms with Gasteiger partial charge >= 0.3 is 0 Å². The lowest BCUT2D eigenvalue weighted by Gasteiger charge is -2.37. The largest absolute Gasteiger partial charge is 0.395 e. The van der Waals surface area contributed by atoms with Crippen molar-refractivity contribution in [3.05, 3.63) is 0 Å². The van der Waals surface area contributed by atoms with Gasteiger partial charge in [-0.25, -0.2) is 0 Å². The summed E-state index contributed by atoms with van der Waals surface area (Å²) in [6.07, 6.45) is 1.16. The Balaban J connectivity index is 4.33. The fourth-order valence-electron chi connectivity index (χ4n) is 1.86. The second-order valence-corrected chi connectivity index (χ2v) is 5.23. The average Bonchev–Trinajstić information content (AvgIpc) is 2.26. The lowest BCUT2D eigenvalue weighted by Crippen LogP contribution is -2.45. The van der Waals surface area contributed by atoms with E-state index in [-0.39, 0.29) is 6.61 Å². The van der Waals surface area contributed by atoms with Crippen molar-refractivity contribution >= 4 is 0 Å². The molecule has 3 heteroatoms. The zero-order chi connectivity index (χ0) is 12.6. The van der Waals surface area contributed by atoms with E-state index in [0.29, 0.717) is 11.5 Å². The molecule has 0 radical (unpaired) electrons. The van der Waals surface area contributed by atoms with Gasteiger partial charge in [0.1, 0.15) is 0 Å². The lowest BCUT2D eigenvalue weighted by atomic mass is 9.86. The van der Waals surface area contributed by atoms with Gasteiger partial charge in [-0.15, -0.1) is 0 Å². The Morgan fingerprint density at radius 1 is 1.31 bits per heavy atom. The van der Waals surface area contributed by atoms with E-state index < -0.39 is 0 Å². The maximum atomic E-state index is 9.07. The van der Waals surface area contributed by atoms with Crippen LogP contribution in [0.15, 0.2) is 0 Å². The number of nitrogens with zero attached hydrogens (tertiary/aromatic N) is 1. The van der Waals surface area contributed by atoms with Gasteiger partial charge in [0.2, 0.25) is 0 Å². The highest BCUT2D eigenvalue weighted by Crippen LogP contribution is 2.22. The van der Waals surface area contributed by atoms with Crippen LogP contribution in [0.1, 0.15) is 41.0 Å². The summed E-state index contributed by atoms with van der Waals surface area (Å²) in [5.41, 5.74) is 0.301. The highest BCUT2D eigenvalue weighted by Gasteiger charge is 2.25. The molecule has 0 heterocycles. The third-order valence-electron chi connectivity index (χ3n) is 3.36. The third-order valence-corrected chi connectivity index (χ3v) is 3.36. The van der Waals surface area contributed by atoms with Crippen LogP contribution in [0.3, 0.4) is 0 Å². The Morgan fingerprint density at radius 3 is 2.31 bits per heavy atom. The molecule has 0 bridgehead atoms. The molecule has 0 saturated heterocycles. The molecular weight excluding hydrogens is 200 g/mol. The topological polar surface area (TPSA) is 35.5 Å². The minimum atomic E-state index is 0.249. The Bertz CT molecular complexity index is 173. The van der Waals surface area contributed by atoms with Gasteiger partial charge < -0.3 is 10.4 Å². The van der Waals surface area contributed by atoms with Gasteiger partial charge in [-0.05, 0) is 32.2 Å². The second kappa shape index (κ2) is 8.04. The molecule has 16 heavy (non-hydrogen) atoms. The molecule has 0 aliphatic rings. The number of aliphatic hydroxyl groups is 1. The van der Waals surface area contributed by atoms with Crippen LogP contribution in [0, 0.1) is 5.41 Å². The maximum Gasteiger partial charge on any atom is 0.0558 e. The predicted molar refractivity (Wildman–Crippen MR) is 70.7 cm³/mol. The predicted octanol–water partition coefficient (Wildman–Crippen LogP) is 1.71. The van der Waals surface area contributed by atoms with Crippen LogP contribution in [0.5, 0.6) is 0 Å². The first-order chi connectivity index (χ1) is 7.49. The number of hydrogen-bond donors (Lipinski definition) is 2. The molecule has 2 N–H and O–H groups in total. The van der Waals surface area contributed by atoms with Crippen LogP contribution in [0.25, 0.3) is 0 Å². The standard InChI is InChI=1S/C13H30N2O/c1-6-13(5,10-14-7-2)11-15(8-9-16)12(3)4/h12,14,16H,6-11H2,1-5H3.